The fourth-order valence-corrected chi connectivity index (χ4v) is 3.40. The Kier molecular flexibility index (Phi) is 5.62. The molecule has 2 heterocycles. The van der Waals surface area contributed by atoms with Gasteiger partial charge in [-0.2, -0.15) is 4.98 Å². The maximum absolute atomic E-state index is 13.9. The fraction of sp³-hybridized carbons (Fsp3) is 0.333. The number of ether oxygens (including phenoxy) is 2. The van der Waals surface area contributed by atoms with Gasteiger partial charge in [-0.05, 0) is 24.3 Å². The lowest BCUT2D eigenvalue weighted by atomic mass is 10.2. The van der Waals surface area contributed by atoms with Crippen LogP contribution in [0, 0.1) is 5.82 Å². The van der Waals surface area contributed by atoms with Gasteiger partial charge in [0.1, 0.15) is 11.3 Å². The molecule has 1 fully saturated rings. The SMILES string of the molecule is CO[C@@H]1CN(c2nc3c(F)cccc3o2)C[C@H]1NC(=O)CCOc1ccccc1. The molecule has 2 aromatic carbocycles. The summed E-state index contributed by atoms with van der Waals surface area (Å²) in [7, 11) is 1.59. The van der Waals surface area contributed by atoms with Crippen LogP contribution >= 0.6 is 0 Å². The molecule has 0 radical (unpaired) electrons. The Labute approximate surface area is 167 Å². The predicted octanol–water partition coefficient (Wildman–Crippen LogP) is 2.76. The molecular weight excluding hydrogens is 377 g/mol. The first-order valence-corrected chi connectivity index (χ1v) is 9.44. The highest BCUT2D eigenvalue weighted by Crippen LogP contribution is 2.27. The van der Waals surface area contributed by atoms with Crippen molar-refractivity contribution in [2.75, 3.05) is 31.7 Å². The van der Waals surface area contributed by atoms with Crippen molar-refractivity contribution in [2.45, 2.75) is 18.6 Å². The van der Waals surface area contributed by atoms with Crippen LogP contribution in [-0.2, 0) is 9.53 Å². The van der Waals surface area contributed by atoms with Gasteiger partial charge in [0.15, 0.2) is 11.4 Å². The molecule has 152 valence electrons. The molecule has 0 saturated carbocycles. The number of anilines is 1. The second kappa shape index (κ2) is 8.48. The van der Waals surface area contributed by atoms with Crippen molar-refractivity contribution < 1.29 is 23.1 Å². The first-order valence-electron chi connectivity index (χ1n) is 9.44. The summed E-state index contributed by atoms with van der Waals surface area (Å²) in [5, 5.41) is 2.98. The number of aromatic nitrogens is 1. The highest BCUT2D eigenvalue weighted by molar-refractivity contribution is 5.77. The second-order valence-electron chi connectivity index (χ2n) is 6.85. The summed E-state index contributed by atoms with van der Waals surface area (Å²) >= 11 is 0. The zero-order valence-corrected chi connectivity index (χ0v) is 16.0. The minimum atomic E-state index is -0.428. The molecule has 0 aliphatic carbocycles. The zero-order chi connectivity index (χ0) is 20.2. The van der Waals surface area contributed by atoms with E-state index in [0.29, 0.717) is 24.7 Å². The summed E-state index contributed by atoms with van der Waals surface area (Å²) in [4.78, 5) is 18.4. The van der Waals surface area contributed by atoms with Crippen LogP contribution in [0.25, 0.3) is 11.1 Å². The lowest BCUT2D eigenvalue weighted by molar-refractivity contribution is -0.122. The standard InChI is InChI=1S/C21H22FN3O4/c1-27-18-13-25(21-24-20-15(22)8-5-9-17(20)29-21)12-16(18)23-19(26)10-11-28-14-6-3-2-4-7-14/h2-9,16,18H,10-13H2,1H3,(H,23,26)/t16-,18-/m1/s1. The molecule has 1 saturated heterocycles. The molecule has 1 aliphatic heterocycles. The Morgan fingerprint density at radius 1 is 1.24 bits per heavy atom. The van der Waals surface area contributed by atoms with E-state index in [4.69, 9.17) is 13.9 Å². The Bertz CT molecular complexity index is 978. The molecule has 7 nitrogen and oxygen atoms in total. The highest BCUT2D eigenvalue weighted by Gasteiger charge is 2.36. The first kappa shape index (κ1) is 19.2. The molecule has 1 aromatic heterocycles. The number of carbonyl (C=O) groups excluding carboxylic acids is 1. The van der Waals surface area contributed by atoms with Gasteiger partial charge in [-0.25, -0.2) is 4.39 Å². The van der Waals surface area contributed by atoms with Gasteiger partial charge < -0.3 is 24.1 Å². The van der Waals surface area contributed by atoms with Crippen LogP contribution in [0.3, 0.4) is 0 Å². The van der Waals surface area contributed by atoms with E-state index in [1.54, 1.807) is 19.2 Å². The van der Waals surface area contributed by atoms with E-state index >= 15 is 0 Å². The van der Waals surface area contributed by atoms with E-state index in [-0.39, 0.29) is 36.6 Å². The number of nitrogens with zero attached hydrogens (tertiary/aromatic N) is 2. The maximum Gasteiger partial charge on any atom is 0.298 e. The van der Waals surface area contributed by atoms with Crippen molar-refractivity contribution in [2.24, 2.45) is 0 Å². The van der Waals surface area contributed by atoms with Crippen LogP contribution in [-0.4, -0.2) is 49.8 Å². The van der Waals surface area contributed by atoms with Crippen molar-refractivity contribution in [1.82, 2.24) is 10.3 Å². The van der Waals surface area contributed by atoms with E-state index in [1.165, 1.54) is 6.07 Å². The number of hydrogen-bond donors (Lipinski definition) is 1. The number of hydrogen-bond acceptors (Lipinski definition) is 6. The van der Waals surface area contributed by atoms with E-state index in [9.17, 15) is 9.18 Å². The third kappa shape index (κ3) is 4.32. The predicted molar refractivity (Wildman–Crippen MR) is 105 cm³/mol. The zero-order valence-electron chi connectivity index (χ0n) is 16.0. The average Bonchev–Trinajstić information content (AvgIpc) is 3.33. The minimum Gasteiger partial charge on any atom is -0.493 e. The van der Waals surface area contributed by atoms with Crippen LogP contribution in [0.15, 0.2) is 52.9 Å². The third-order valence-corrected chi connectivity index (χ3v) is 4.89. The molecule has 3 aromatic rings. The number of oxazole rings is 1. The summed E-state index contributed by atoms with van der Waals surface area (Å²) in [6.45, 7) is 1.23. The molecule has 1 amide bonds. The summed E-state index contributed by atoms with van der Waals surface area (Å²) < 4.78 is 30.6. The van der Waals surface area contributed by atoms with Gasteiger partial charge in [0.2, 0.25) is 5.91 Å². The number of amides is 1. The van der Waals surface area contributed by atoms with E-state index < -0.39 is 5.82 Å². The quantitative estimate of drug-likeness (QED) is 0.658. The van der Waals surface area contributed by atoms with Crippen LogP contribution in [0.2, 0.25) is 0 Å². The molecule has 0 unspecified atom stereocenters. The van der Waals surface area contributed by atoms with Gasteiger partial charge in [0, 0.05) is 13.7 Å². The third-order valence-electron chi connectivity index (χ3n) is 4.89. The molecule has 4 rings (SSSR count). The van der Waals surface area contributed by atoms with Crippen molar-refractivity contribution in [1.29, 1.82) is 0 Å². The number of halogens is 1. The Morgan fingerprint density at radius 2 is 2.07 bits per heavy atom. The Balaban J connectivity index is 1.35. The number of carbonyl (C=O) groups is 1. The van der Waals surface area contributed by atoms with Gasteiger partial charge >= 0.3 is 0 Å². The van der Waals surface area contributed by atoms with E-state index in [2.05, 4.69) is 10.3 Å². The highest BCUT2D eigenvalue weighted by atomic mass is 19.1. The lowest BCUT2D eigenvalue weighted by Crippen LogP contribution is -2.44. The first-order chi connectivity index (χ1) is 14.1. The summed E-state index contributed by atoms with van der Waals surface area (Å²) in [5.74, 6) is 0.173. The number of nitrogens with one attached hydrogen (secondary N) is 1. The normalized spacial score (nSPS) is 18.9. The maximum atomic E-state index is 13.9. The summed E-state index contributed by atoms with van der Waals surface area (Å²) in [6.07, 6.45) is 0.00416. The molecule has 1 aliphatic rings. The summed E-state index contributed by atoms with van der Waals surface area (Å²) in [5.41, 5.74) is 0.585. The molecule has 1 N–H and O–H groups in total. The van der Waals surface area contributed by atoms with Gasteiger partial charge in [-0.3, -0.25) is 4.79 Å². The molecule has 0 bridgehead atoms. The minimum absolute atomic E-state index is 0.126. The van der Waals surface area contributed by atoms with Crippen LogP contribution in [0.4, 0.5) is 10.4 Å². The van der Waals surface area contributed by atoms with Crippen molar-refractivity contribution in [3.8, 4) is 5.75 Å². The average molecular weight is 399 g/mol. The van der Waals surface area contributed by atoms with Crippen LogP contribution in [0.1, 0.15) is 6.42 Å². The molecule has 2 atom stereocenters. The summed E-state index contributed by atoms with van der Waals surface area (Å²) in [6, 6.07) is 14.0. The number of para-hydroxylation sites is 2. The lowest BCUT2D eigenvalue weighted by Gasteiger charge is -2.18. The smallest absolute Gasteiger partial charge is 0.298 e. The largest absolute Gasteiger partial charge is 0.493 e. The Hall–Kier alpha value is -3.13. The van der Waals surface area contributed by atoms with Crippen molar-refractivity contribution >= 4 is 23.0 Å². The number of benzene rings is 2. The van der Waals surface area contributed by atoms with Crippen LogP contribution < -0.4 is 15.0 Å². The van der Waals surface area contributed by atoms with E-state index in [0.717, 1.165) is 5.75 Å². The van der Waals surface area contributed by atoms with Gasteiger partial charge in [0.25, 0.3) is 6.01 Å². The fourth-order valence-electron chi connectivity index (χ4n) is 3.40. The molecule has 8 heteroatoms. The van der Waals surface area contributed by atoms with Gasteiger partial charge in [-0.15, -0.1) is 0 Å². The number of rotatable bonds is 7. The van der Waals surface area contributed by atoms with Gasteiger partial charge in [0.05, 0.1) is 31.7 Å². The Morgan fingerprint density at radius 3 is 2.83 bits per heavy atom. The van der Waals surface area contributed by atoms with Crippen molar-refractivity contribution in [3.05, 3.63) is 54.3 Å². The topological polar surface area (TPSA) is 76.8 Å². The molecular formula is C21H22FN3O4. The molecule has 29 heavy (non-hydrogen) atoms. The number of fused-ring (bicyclic) bond motifs is 1. The molecule has 0 spiro atoms. The monoisotopic (exact) mass is 399 g/mol. The number of methoxy groups -OCH3 is 1. The van der Waals surface area contributed by atoms with E-state index in [1.807, 2.05) is 35.2 Å². The van der Waals surface area contributed by atoms with Crippen molar-refractivity contribution in [3.63, 3.8) is 0 Å². The van der Waals surface area contributed by atoms with Crippen LogP contribution in [0.5, 0.6) is 5.75 Å². The second-order valence-corrected chi connectivity index (χ2v) is 6.85. The van der Waals surface area contributed by atoms with Gasteiger partial charge in [-0.1, -0.05) is 24.3 Å².